The van der Waals surface area contributed by atoms with E-state index in [9.17, 15) is 0 Å². The summed E-state index contributed by atoms with van der Waals surface area (Å²) in [7, 11) is 2.20. The number of likely N-dealkylation sites (tertiary alicyclic amines) is 1. The van der Waals surface area contributed by atoms with Crippen molar-refractivity contribution in [3.05, 3.63) is 12.7 Å². The van der Waals surface area contributed by atoms with Crippen molar-refractivity contribution in [2.24, 2.45) is 5.92 Å². The Bertz CT molecular complexity index is 129. The van der Waals surface area contributed by atoms with Gasteiger partial charge in [-0.2, -0.15) is 0 Å². The highest BCUT2D eigenvalue weighted by molar-refractivity contribution is 5.63. The first-order valence-corrected chi connectivity index (χ1v) is 5.40. The number of allylic oxidation sites excluding steroid dienone is 1. The van der Waals surface area contributed by atoms with Gasteiger partial charge in [0.15, 0.2) is 0 Å². The molecular weight excluding hydrogens is 174 g/mol. The normalized spacial score (nSPS) is 25.2. The summed E-state index contributed by atoms with van der Waals surface area (Å²) < 4.78 is 0. The van der Waals surface area contributed by atoms with Crippen molar-refractivity contribution in [2.45, 2.75) is 40.2 Å². The molecule has 0 aromatic rings. The molecule has 0 aliphatic carbocycles. The second-order valence-electron chi connectivity index (χ2n) is 3.36. The van der Waals surface area contributed by atoms with Crippen LogP contribution in [0.5, 0.6) is 0 Å². The molecule has 0 saturated carbocycles. The molecule has 2 nitrogen and oxygen atoms in total. The molecule has 2 unspecified atom stereocenters. The van der Waals surface area contributed by atoms with Gasteiger partial charge in [0.25, 0.3) is 0 Å². The second kappa shape index (κ2) is 10.5. The number of nitrogens with zero attached hydrogens (tertiary/aromatic N) is 1. The number of hydrogen-bond donors (Lipinski definition) is 0. The minimum atomic E-state index is 0.639. The van der Waals surface area contributed by atoms with Gasteiger partial charge in [-0.05, 0) is 38.9 Å². The van der Waals surface area contributed by atoms with Crippen LogP contribution in [0.1, 0.15) is 34.1 Å². The molecule has 0 amide bonds. The Hall–Kier alpha value is -0.630. The zero-order valence-corrected chi connectivity index (χ0v) is 10.3. The van der Waals surface area contributed by atoms with E-state index in [0.29, 0.717) is 6.29 Å². The number of hydrogen-bond acceptors (Lipinski definition) is 2. The van der Waals surface area contributed by atoms with Crippen molar-refractivity contribution in [3.8, 4) is 0 Å². The number of carbonyl (C=O) groups is 1. The highest BCUT2D eigenvalue weighted by Crippen LogP contribution is 2.20. The molecule has 2 heteroatoms. The van der Waals surface area contributed by atoms with E-state index in [1.54, 1.807) is 0 Å². The van der Waals surface area contributed by atoms with Crippen molar-refractivity contribution >= 4 is 6.29 Å². The van der Waals surface area contributed by atoms with E-state index in [0.717, 1.165) is 12.0 Å². The molecule has 0 spiro atoms. The standard InChI is InChI=1S/C7H15N.C3H4O.C2H6/c1-6-4-5-8(3)7(6)2;1-2-3-4;1-2/h6-7H,4-5H2,1-3H3;2-3H,1H2;1-2H3. The quantitative estimate of drug-likeness (QED) is 0.478. The predicted octanol–water partition coefficient (Wildman–Crippen LogP) is 2.74. The Labute approximate surface area is 89.0 Å². The summed E-state index contributed by atoms with van der Waals surface area (Å²) in [5.41, 5.74) is 0. The molecule has 1 heterocycles. The number of aldehydes is 1. The van der Waals surface area contributed by atoms with Crippen LogP contribution in [0.15, 0.2) is 12.7 Å². The van der Waals surface area contributed by atoms with E-state index >= 15 is 0 Å². The van der Waals surface area contributed by atoms with Crippen LogP contribution < -0.4 is 0 Å². The van der Waals surface area contributed by atoms with Crippen LogP contribution in [0.2, 0.25) is 0 Å². The van der Waals surface area contributed by atoms with Gasteiger partial charge in [0.2, 0.25) is 0 Å². The predicted molar refractivity (Wildman–Crippen MR) is 63.5 cm³/mol. The van der Waals surface area contributed by atoms with Crippen molar-refractivity contribution in [1.82, 2.24) is 4.90 Å². The fourth-order valence-corrected chi connectivity index (χ4v) is 1.29. The van der Waals surface area contributed by atoms with Gasteiger partial charge in [-0.1, -0.05) is 27.4 Å². The van der Waals surface area contributed by atoms with Crippen LogP contribution in [0.4, 0.5) is 0 Å². The lowest BCUT2D eigenvalue weighted by Gasteiger charge is -2.16. The minimum Gasteiger partial charge on any atom is -0.303 e. The summed E-state index contributed by atoms with van der Waals surface area (Å²) in [5, 5.41) is 0. The molecular formula is C12H25NO. The Morgan fingerprint density at radius 2 is 1.79 bits per heavy atom. The fourth-order valence-electron chi connectivity index (χ4n) is 1.29. The maximum atomic E-state index is 9.06. The first kappa shape index (κ1) is 15.8. The molecule has 1 fully saturated rings. The smallest absolute Gasteiger partial charge is 0.142 e. The van der Waals surface area contributed by atoms with Crippen LogP contribution >= 0.6 is 0 Å². The summed E-state index contributed by atoms with van der Waals surface area (Å²) in [4.78, 5) is 11.5. The lowest BCUT2D eigenvalue weighted by molar-refractivity contribution is -0.104. The third kappa shape index (κ3) is 6.84. The van der Waals surface area contributed by atoms with E-state index < -0.39 is 0 Å². The summed E-state index contributed by atoms with van der Waals surface area (Å²) >= 11 is 0. The van der Waals surface area contributed by atoms with Crippen LogP contribution in [0.3, 0.4) is 0 Å². The second-order valence-corrected chi connectivity index (χ2v) is 3.36. The van der Waals surface area contributed by atoms with Crippen LogP contribution in [0, 0.1) is 5.92 Å². The van der Waals surface area contributed by atoms with Crippen molar-refractivity contribution in [2.75, 3.05) is 13.6 Å². The average Bonchev–Trinajstić information content (AvgIpc) is 2.53. The molecule has 1 aliphatic rings. The zero-order valence-electron chi connectivity index (χ0n) is 10.3. The van der Waals surface area contributed by atoms with E-state index in [1.807, 2.05) is 13.8 Å². The van der Waals surface area contributed by atoms with Crippen molar-refractivity contribution < 1.29 is 4.79 Å². The summed E-state index contributed by atoms with van der Waals surface area (Å²) in [6.45, 7) is 13.0. The SMILES string of the molecule is C=CC=O.CC.CC1CCN(C)C1C. The maximum absolute atomic E-state index is 9.06. The molecule has 0 radical (unpaired) electrons. The molecule has 84 valence electrons. The Balaban J connectivity index is 0. The van der Waals surface area contributed by atoms with Gasteiger partial charge in [0, 0.05) is 6.04 Å². The van der Waals surface area contributed by atoms with Gasteiger partial charge in [-0.25, -0.2) is 0 Å². The molecule has 1 rings (SSSR count). The molecule has 0 aromatic carbocycles. The van der Waals surface area contributed by atoms with E-state index in [1.165, 1.54) is 19.0 Å². The van der Waals surface area contributed by atoms with E-state index in [2.05, 4.69) is 32.4 Å². The van der Waals surface area contributed by atoms with Gasteiger partial charge in [0.1, 0.15) is 6.29 Å². The highest BCUT2D eigenvalue weighted by Gasteiger charge is 2.23. The van der Waals surface area contributed by atoms with E-state index in [-0.39, 0.29) is 0 Å². The Morgan fingerprint density at radius 1 is 1.36 bits per heavy atom. The van der Waals surface area contributed by atoms with Gasteiger partial charge < -0.3 is 4.90 Å². The van der Waals surface area contributed by atoms with Crippen LogP contribution in [-0.2, 0) is 4.79 Å². The third-order valence-electron chi connectivity index (χ3n) is 2.55. The summed E-state index contributed by atoms with van der Waals surface area (Å²) in [6, 6.07) is 0.815. The highest BCUT2D eigenvalue weighted by atomic mass is 16.1. The van der Waals surface area contributed by atoms with Gasteiger partial charge in [-0.3, -0.25) is 4.79 Å². The lowest BCUT2D eigenvalue weighted by Crippen LogP contribution is -2.24. The molecule has 0 aromatic heterocycles. The van der Waals surface area contributed by atoms with E-state index in [4.69, 9.17) is 4.79 Å². The number of rotatable bonds is 1. The molecule has 1 saturated heterocycles. The maximum Gasteiger partial charge on any atom is 0.142 e. The van der Waals surface area contributed by atoms with Crippen LogP contribution in [0.25, 0.3) is 0 Å². The topological polar surface area (TPSA) is 20.3 Å². The monoisotopic (exact) mass is 199 g/mol. The molecule has 0 bridgehead atoms. The largest absolute Gasteiger partial charge is 0.303 e. The van der Waals surface area contributed by atoms with Crippen LogP contribution in [-0.4, -0.2) is 30.8 Å². The number of carbonyl (C=O) groups excluding carboxylic acids is 1. The average molecular weight is 199 g/mol. The summed E-state index contributed by atoms with van der Waals surface area (Å²) in [5.74, 6) is 0.917. The summed E-state index contributed by atoms with van der Waals surface area (Å²) in [6.07, 6.45) is 3.22. The first-order valence-electron chi connectivity index (χ1n) is 5.40. The van der Waals surface area contributed by atoms with Gasteiger partial charge in [0.05, 0.1) is 0 Å². The first-order chi connectivity index (χ1) is 6.63. The zero-order chi connectivity index (χ0) is 11.6. The minimum absolute atomic E-state index is 0.639. The molecule has 1 aliphatic heterocycles. The Morgan fingerprint density at radius 3 is 1.86 bits per heavy atom. The molecule has 0 N–H and O–H groups in total. The van der Waals surface area contributed by atoms with Gasteiger partial charge >= 0.3 is 0 Å². The van der Waals surface area contributed by atoms with Crippen molar-refractivity contribution in [1.29, 1.82) is 0 Å². The lowest BCUT2D eigenvalue weighted by atomic mass is 10.1. The molecule has 2 atom stereocenters. The van der Waals surface area contributed by atoms with Gasteiger partial charge in [-0.15, -0.1) is 0 Å². The Kier molecular flexibility index (Phi) is 11.8. The fraction of sp³-hybridized carbons (Fsp3) is 0.750. The van der Waals surface area contributed by atoms with Crippen molar-refractivity contribution in [3.63, 3.8) is 0 Å². The third-order valence-corrected chi connectivity index (χ3v) is 2.55. The molecule has 14 heavy (non-hydrogen) atoms.